The maximum Gasteiger partial charge on any atom is 0.393 e. The van der Waals surface area contributed by atoms with Gasteiger partial charge in [-0.3, -0.25) is 0 Å². The highest BCUT2D eigenvalue weighted by atomic mass is 32.1. The SMILES string of the molecule is FC(F)(F)Cc1cc2c(N3CCN(c4nnc(CC5CCCC5)s4)CC3)ncnc2s1. The van der Waals surface area contributed by atoms with Crippen LogP contribution in [0, 0.1) is 5.92 Å². The van der Waals surface area contributed by atoms with Crippen LogP contribution >= 0.6 is 22.7 Å². The predicted octanol–water partition coefficient (Wildman–Crippen LogP) is 4.71. The highest BCUT2D eigenvalue weighted by molar-refractivity contribution is 7.18. The second-order valence-electron chi connectivity index (χ2n) is 8.23. The molecule has 2 aliphatic rings. The number of hydrogen-bond acceptors (Lipinski definition) is 8. The Labute approximate surface area is 186 Å². The van der Waals surface area contributed by atoms with E-state index < -0.39 is 12.6 Å². The quantitative estimate of drug-likeness (QED) is 0.541. The Hall–Kier alpha value is -2.01. The molecular formula is C20H23F3N6S2. The molecule has 0 unspecified atom stereocenters. The van der Waals surface area contributed by atoms with Crippen LogP contribution < -0.4 is 9.80 Å². The molecule has 0 aromatic carbocycles. The molecule has 3 aromatic heterocycles. The van der Waals surface area contributed by atoms with Gasteiger partial charge in [0.05, 0.1) is 11.8 Å². The summed E-state index contributed by atoms with van der Waals surface area (Å²) in [6, 6.07) is 1.59. The molecule has 1 aliphatic carbocycles. The lowest BCUT2D eigenvalue weighted by Crippen LogP contribution is -2.46. The Morgan fingerprint density at radius 1 is 0.968 bits per heavy atom. The van der Waals surface area contributed by atoms with Gasteiger partial charge in [0, 0.05) is 37.5 Å². The van der Waals surface area contributed by atoms with Crippen LogP contribution in [-0.4, -0.2) is 52.5 Å². The summed E-state index contributed by atoms with van der Waals surface area (Å²) in [5, 5.41) is 11.6. The van der Waals surface area contributed by atoms with Crippen molar-refractivity contribution in [2.75, 3.05) is 36.0 Å². The molecule has 0 bridgehead atoms. The summed E-state index contributed by atoms with van der Waals surface area (Å²) < 4.78 is 38.4. The summed E-state index contributed by atoms with van der Waals surface area (Å²) in [7, 11) is 0. The van der Waals surface area contributed by atoms with Crippen LogP contribution in [0.1, 0.15) is 35.6 Å². The van der Waals surface area contributed by atoms with Crippen molar-refractivity contribution in [1.82, 2.24) is 20.2 Å². The molecule has 0 N–H and O–H groups in total. The molecule has 1 aliphatic heterocycles. The van der Waals surface area contributed by atoms with E-state index in [9.17, 15) is 13.2 Å². The molecular weight excluding hydrogens is 445 g/mol. The lowest BCUT2D eigenvalue weighted by molar-refractivity contribution is -0.126. The normalized spacial score (nSPS) is 18.4. The molecule has 0 radical (unpaired) electrons. The van der Waals surface area contributed by atoms with Gasteiger partial charge in [-0.25, -0.2) is 9.97 Å². The van der Waals surface area contributed by atoms with Crippen molar-refractivity contribution in [1.29, 1.82) is 0 Å². The van der Waals surface area contributed by atoms with Crippen LogP contribution in [0.5, 0.6) is 0 Å². The highest BCUT2D eigenvalue weighted by Crippen LogP contribution is 2.35. The lowest BCUT2D eigenvalue weighted by Gasteiger charge is -2.35. The van der Waals surface area contributed by atoms with E-state index in [1.54, 1.807) is 17.4 Å². The predicted molar refractivity (Wildman–Crippen MR) is 117 cm³/mol. The van der Waals surface area contributed by atoms with Crippen molar-refractivity contribution < 1.29 is 13.2 Å². The summed E-state index contributed by atoms with van der Waals surface area (Å²) in [6.45, 7) is 3.02. The van der Waals surface area contributed by atoms with Gasteiger partial charge in [-0.15, -0.1) is 21.5 Å². The number of nitrogens with zero attached hydrogens (tertiary/aromatic N) is 6. The first kappa shape index (κ1) is 20.9. The molecule has 0 amide bonds. The van der Waals surface area contributed by atoms with Gasteiger partial charge in [-0.1, -0.05) is 37.0 Å². The minimum atomic E-state index is -4.22. The molecule has 4 heterocycles. The van der Waals surface area contributed by atoms with Gasteiger partial charge >= 0.3 is 6.18 Å². The van der Waals surface area contributed by atoms with E-state index in [0.29, 0.717) is 16.0 Å². The molecule has 5 rings (SSSR count). The minimum Gasteiger partial charge on any atom is -0.352 e. The first-order valence-corrected chi connectivity index (χ1v) is 12.2. The molecule has 0 atom stereocenters. The van der Waals surface area contributed by atoms with Gasteiger partial charge in [0.1, 0.15) is 22.0 Å². The smallest absolute Gasteiger partial charge is 0.352 e. The lowest BCUT2D eigenvalue weighted by atomic mass is 10.1. The zero-order chi connectivity index (χ0) is 21.4. The van der Waals surface area contributed by atoms with Crippen LogP contribution in [0.15, 0.2) is 12.4 Å². The first-order valence-electron chi connectivity index (χ1n) is 10.6. The zero-order valence-corrected chi connectivity index (χ0v) is 18.6. The summed E-state index contributed by atoms with van der Waals surface area (Å²) in [5.74, 6) is 1.47. The standard InChI is InChI=1S/C20H23F3N6S2/c21-20(22,23)11-14-10-15-17(24-12-25-18(15)30-14)28-5-7-29(8-6-28)19-27-26-16(31-19)9-13-3-1-2-4-13/h10,12-13H,1-9,11H2. The highest BCUT2D eigenvalue weighted by Gasteiger charge is 2.30. The van der Waals surface area contributed by atoms with Gasteiger partial charge in [0.2, 0.25) is 5.13 Å². The maximum absolute atomic E-state index is 12.8. The molecule has 2 fully saturated rings. The van der Waals surface area contributed by atoms with Gasteiger partial charge in [0.15, 0.2) is 0 Å². The number of alkyl halides is 3. The molecule has 1 saturated heterocycles. The third-order valence-electron chi connectivity index (χ3n) is 5.98. The van der Waals surface area contributed by atoms with E-state index in [1.807, 2.05) is 0 Å². The van der Waals surface area contributed by atoms with Gasteiger partial charge in [-0.05, 0) is 12.0 Å². The van der Waals surface area contributed by atoms with E-state index in [-0.39, 0.29) is 4.88 Å². The molecule has 11 heteroatoms. The van der Waals surface area contributed by atoms with E-state index in [0.717, 1.165) is 60.0 Å². The fourth-order valence-electron chi connectivity index (χ4n) is 4.46. The second-order valence-corrected chi connectivity index (χ2v) is 10.4. The number of anilines is 2. The molecule has 3 aromatic rings. The van der Waals surface area contributed by atoms with Crippen LogP contribution in [0.4, 0.5) is 24.1 Å². The summed E-state index contributed by atoms with van der Waals surface area (Å²) >= 11 is 2.78. The zero-order valence-electron chi connectivity index (χ0n) is 16.9. The van der Waals surface area contributed by atoms with Crippen molar-refractivity contribution in [3.8, 4) is 0 Å². The van der Waals surface area contributed by atoms with Crippen molar-refractivity contribution in [3.63, 3.8) is 0 Å². The number of rotatable bonds is 5. The fourth-order valence-corrected chi connectivity index (χ4v) is 6.48. The van der Waals surface area contributed by atoms with E-state index in [4.69, 9.17) is 0 Å². The Morgan fingerprint density at radius 3 is 2.45 bits per heavy atom. The van der Waals surface area contributed by atoms with Crippen LogP contribution in [0.2, 0.25) is 0 Å². The third kappa shape index (κ3) is 4.77. The summed E-state index contributed by atoms with van der Waals surface area (Å²) in [4.78, 5) is 13.8. The number of halogens is 3. The van der Waals surface area contributed by atoms with Crippen molar-refractivity contribution >= 4 is 43.8 Å². The largest absolute Gasteiger partial charge is 0.393 e. The van der Waals surface area contributed by atoms with Gasteiger partial charge in [0.25, 0.3) is 0 Å². The Bertz CT molecular complexity index is 1040. The fraction of sp³-hybridized carbons (Fsp3) is 0.600. The molecule has 0 spiro atoms. The number of aromatic nitrogens is 4. The van der Waals surface area contributed by atoms with Crippen molar-refractivity contribution in [2.24, 2.45) is 5.92 Å². The average Bonchev–Trinajstić information content (AvgIpc) is 3.47. The first-order chi connectivity index (χ1) is 14.9. The second kappa shape index (κ2) is 8.50. The Morgan fingerprint density at radius 2 is 1.71 bits per heavy atom. The van der Waals surface area contributed by atoms with Crippen LogP contribution in [0.25, 0.3) is 10.2 Å². The number of fused-ring (bicyclic) bond motifs is 1. The Balaban J connectivity index is 1.25. The average molecular weight is 469 g/mol. The minimum absolute atomic E-state index is 0.270. The molecule has 1 saturated carbocycles. The number of piperazine rings is 1. The molecule has 31 heavy (non-hydrogen) atoms. The number of thiophene rings is 1. The molecule has 6 nitrogen and oxygen atoms in total. The monoisotopic (exact) mass is 468 g/mol. The summed E-state index contributed by atoms with van der Waals surface area (Å²) in [6.07, 6.45) is 2.59. The van der Waals surface area contributed by atoms with E-state index in [1.165, 1.54) is 32.0 Å². The van der Waals surface area contributed by atoms with Gasteiger partial charge < -0.3 is 9.80 Å². The topological polar surface area (TPSA) is 58.0 Å². The summed E-state index contributed by atoms with van der Waals surface area (Å²) in [5.41, 5.74) is 0. The maximum atomic E-state index is 12.8. The molecule has 166 valence electrons. The van der Waals surface area contributed by atoms with E-state index in [2.05, 4.69) is 30.0 Å². The van der Waals surface area contributed by atoms with E-state index >= 15 is 0 Å². The van der Waals surface area contributed by atoms with Crippen molar-refractivity contribution in [2.45, 2.75) is 44.7 Å². The number of hydrogen-bond donors (Lipinski definition) is 0. The Kier molecular flexibility index (Phi) is 5.72. The van der Waals surface area contributed by atoms with Gasteiger partial charge in [-0.2, -0.15) is 13.2 Å². The third-order valence-corrected chi connectivity index (χ3v) is 8.03. The van der Waals surface area contributed by atoms with Crippen LogP contribution in [-0.2, 0) is 12.8 Å². The van der Waals surface area contributed by atoms with Crippen molar-refractivity contribution in [3.05, 3.63) is 22.3 Å². The van der Waals surface area contributed by atoms with Crippen LogP contribution in [0.3, 0.4) is 0 Å².